The number of carboxylic acids is 6. The number of nitrogens with one attached hydrogen (secondary N) is 7. The SMILES string of the molecule is N[C@@H](CNC(=O)[C@H](Cc1ccccc1)NC(=O)CC[C@H](NCOCCC[C@H](NC(=O)N[C@@H](CCC(=O)O)C(=O)O)C(=O)O)C(=O)O)C(=O)N[C@@H](CC(=O)O)C(=O)N[C@@H](CS)C(=O)O. The van der Waals surface area contributed by atoms with Gasteiger partial charge < -0.3 is 73.0 Å². The molecule has 0 fully saturated rings. The molecule has 350 valence electrons. The molecule has 15 N–H and O–H groups in total. The fourth-order valence-corrected chi connectivity index (χ4v) is 5.47. The first kappa shape index (κ1) is 54.4. The van der Waals surface area contributed by atoms with Crippen molar-refractivity contribution in [1.82, 2.24) is 37.2 Å². The van der Waals surface area contributed by atoms with Crippen LogP contribution in [-0.2, 0) is 59.1 Å². The van der Waals surface area contributed by atoms with E-state index in [1.54, 1.807) is 30.3 Å². The van der Waals surface area contributed by atoms with Gasteiger partial charge >= 0.3 is 41.8 Å². The molecule has 0 radical (unpaired) electrons. The van der Waals surface area contributed by atoms with Gasteiger partial charge in [0.1, 0.15) is 42.3 Å². The molecule has 0 heterocycles. The Hall–Kier alpha value is -6.58. The molecule has 0 saturated heterocycles. The molecule has 6 amide bonds. The zero-order valence-electron chi connectivity index (χ0n) is 33.5. The maximum absolute atomic E-state index is 13.3. The van der Waals surface area contributed by atoms with Gasteiger partial charge in [0.2, 0.25) is 23.6 Å². The van der Waals surface area contributed by atoms with Gasteiger partial charge in [0, 0.05) is 38.2 Å². The number of rotatable bonds is 32. The molecule has 7 atom stereocenters. The quantitative estimate of drug-likeness (QED) is 0.0188. The van der Waals surface area contributed by atoms with Crippen LogP contribution in [0.5, 0.6) is 0 Å². The van der Waals surface area contributed by atoms with Crippen LogP contribution in [0, 0.1) is 0 Å². The normalized spacial score (nSPS) is 14.1. The van der Waals surface area contributed by atoms with Crippen molar-refractivity contribution in [3.8, 4) is 0 Å². The molecule has 1 aromatic carbocycles. The van der Waals surface area contributed by atoms with Crippen molar-refractivity contribution in [3.63, 3.8) is 0 Å². The molecule has 1 rings (SSSR count). The predicted molar refractivity (Wildman–Crippen MR) is 216 cm³/mol. The first-order chi connectivity index (χ1) is 29.6. The van der Waals surface area contributed by atoms with Crippen molar-refractivity contribution in [3.05, 3.63) is 35.9 Å². The molecule has 0 aliphatic heterocycles. The van der Waals surface area contributed by atoms with Crippen LogP contribution in [0.1, 0.15) is 50.5 Å². The third-order valence-electron chi connectivity index (χ3n) is 8.60. The maximum atomic E-state index is 13.3. The number of hydrogen-bond acceptors (Lipinski definition) is 15. The van der Waals surface area contributed by atoms with Gasteiger partial charge in [0.05, 0.1) is 13.2 Å². The van der Waals surface area contributed by atoms with Crippen molar-refractivity contribution < 1.29 is 88.1 Å². The zero-order valence-corrected chi connectivity index (χ0v) is 34.4. The highest BCUT2D eigenvalue weighted by atomic mass is 32.1. The van der Waals surface area contributed by atoms with E-state index >= 15 is 0 Å². The van der Waals surface area contributed by atoms with Gasteiger partial charge in [-0.3, -0.25) is 38.9 Å². The van der Waals surface area contributed by atoms with Crippen LogP contribution in [-0.4, -0.2) is 164 Å². The average Bonchev–Trinajstić information content (AvgIpc) is 3.21. The van der Waals surface area contributed by atoms with E-state index in [0.29, 0.717) is 5.56 Å². The van der Waals surface area contributed by atoms with Gasteiger partial charge in [-0.15, -0.1) is 0 Å². The fraction of sp³-hybridized carbons (Fsp3) is 0.528. The van der Waals surface area contributed by atoms with E-state index < -0.39 is 140 Å². The van der Waals surface area contributed by atoms with Gasteiger partial charge in [-0.1, -0.05) is 30.3 Å². The van der Waals surface area contributed by atoms with Crippen LogP contribution < -0.4 is 43.0 Å². The summed E-state index contributed by atoms with van der Waals surface area (Å²) in [5.74, 6) is -12.8. The summed E-state index contributed by atoms with van der Waals surface area (Å²) in [6, 6.07) is -3.31. The summed E-state index contributed by atoms with van der Waals surface area (Å²) < 4.78 is 5.32. The molecular formula is C36H52N8O18S. The molecule has 0 unspecified atom stereocenters. The fourth-order valence-electron chi connectivity index (χ4n) is 5.22. The van der Waals surface area contributed by atoms with Crippen molar-refractivity contribution in [2.24, 2.45) is 5.73 Å². The maximum Gasteiger partial charge on any atom is 0.327 e. The summed E-state index contributed by atoms with van der Waals surface area (Å²) in [4.78, 5) is 132. The molecule has 0 aromatic heterocycles. The molecule has 0 saturated carbocycles. The molecule has 0 aliphatic carbocycles. The van der Waals surface area contributed by atoms with E-state index in [9.17, 15) is 73.2 Å². The number of aliphatic carboxylic acids is 6. The predicted octanol–water partition coefficient (Wildman–Crippen LogP) is -3.74. The topological polar surface area (TPSA) is 429 Å². The minimum absolute atomic E-state index is 0.0228. The number of benzene rings is 1. The largest absolute Gasteiger partial charge is 0.481 e. The van der Waals surface area contributed by atoms with Crippen LogP contribution in [0.3, 0.4) is 0 Å². The van der Waals surface area contributed by atoms with Crippen molar-refractivity contribution >= 4 is 78.1 Å². The minimum Gasteiger partial charge on any atom is -0.481 e. The lowest BCUT2D eigenvalue weighted by atomic mass is 10.0. The highest BCUT2D eigenvalue weighted by Crippen LogP contribution is 2.07. The Balaban J connectivity index is 2.76. The smallest absolute Gasteiger partial charge is 0.327 e. The molecule has 0 bridgehead atoms. The Morgan fingerprint density at radius 2 is 1.16 bits per heavy atom. The first-order valence-corrected chi connectivity index (χ1v) is 19.6. The molecule has 1 aromatic rings. The lowest BCUT2D eigenvalue weighted by Gasteiger charge is -2.23. The number of carbonyl (C=O) groups is 11. The standard InChI is InChI=1S/C36H52N8O18S/c37-19(29(50)41-24(14-28(48)49)31(52)42-25(16-63)35(59)60)15-38-30(51)23(13-18-5-2-1-3-6-18)40-26(45)10-8-20(32(53)54)39-17-62-12-4-7-21(33(55)56)43-36(61)44-22(34(57)58)9-11-27(46)47/h1-3,5-6,19-25,39,63H,4,7-17,37H2,(H,38,51)(H,40,45)(H,41,50)(H,42,52)(H,46,47)(H,48,49)(H,53,54)(H,55,56)(H,57,58)(H,59,60)(H2,43,44,61)/t19-,20-,21-,22-,23-,24-,25-/m0/s1. The van der Waals surface area contributed by atoms with Gasteiger partial charge in [0.25, 0.3) is 0 Å². The Bertz CT molecular complexity index is 1770. The Labute approximate surface area is 363 Å². The Morgan fingerprint density at radius 1 is 0.603 bits per heavy atom. The Morgan fingerprint density at radius 3 is 1.70 bits per heavy atom. The lowest BCUT2D eigenvalue weighted by molar-refractivity contribution is -0.143. The van der Waals surface area contributed by atoms with Crippen LogP contribution >= 0.6 is 12.6 Å². The number of thiol groups is 1. The average molecular weight is 917 g/mol. The summed E-state index contributed by atoms with van der Waals surface area (Å²) in [7, 11) is 0. The van der Waals surface area contributed by atoms with Crippen molar-refractivity contribution in [2.45, 2.75) is 93.7 Å². The third kappa shape index (κ3) is 22.7. The minimum atomic E-state index is -1.75. The first-order valence-electron chi connectivity index (χ1n) is 19.0. The van der Waals surface area contributed by atoms with E-state index in [0.717, 1.165) is 0 Å². The van der Waals surface area contributed by atoms with E-state index in [1.165, 1.54) is 0 Å². The van der Waals surface area contributed by atoms with Crippen LogP contribution in [0.2, 0.25) is 0 Å². The number of ether oxygens (including phenoxy) is 1. The highest BCUT2D eigenvalue weighted by molar-refractivity contribution is 7.80. The van der Waals surface area contributed by atoms with Crippen LogP contribution in [0.25, 0.3) is 0 Å². The molecule has 63 heavy (non-hydrogen) atoms. The Kier molecular flexibility index (Phi) is 24.9. The summed E-state index contributed by atoms with van der Waals surface area (Å²) in [5, 5.41) is 71.1. The van der Waals surface area contributed by atoms with E-state index in [1.807, 2.05) is 10.6 Å². The summed E-state index contributed by atoms with van der Waals surface area (Å²) in [6.45, 7) is -1.08. The van der Waals surface area contributed by atoms with Crippen LogP contribution in [0.4, 0.5) is 4.79 Å². The summed E-state index contributed by atoms with van der Waals surface area (Å²) in [5.41, 5.74) is 6.48. The summed E-state index contributed by atoms with van der Waals surface area (Å²) >= 11 is 3.81. The lowest BCUT2D eigenvalue weighted by Crippen LogP contribution is -2.58. The number of carboxylic acid groups (broad SMARTS) is 6. The molecular weight excluding hydrogens is 865 g/mol. The second-order valence-electron chi connectivity index (χ2n) is 13.6. The monoisotopic (exact) mass is 916 g/mol. The zero-order chi connectivity index (χ0) is 47.6. The molecule has 0 spiro atoms. The number of amides is 6. The van der Waals surface area contributed by atoms with Gasteiger partial charge in [0.15, 0.2) is 0 Å². The molecule has 0 aliphatic rings. The third-order valence-corrected chi connectivity index (χ3v) is 8.97. The molecule has 26 nitrogen and oxygen atoms in total. The number of nitrogens with two attached hydrogens (primary N) is 1. The van der Waals surface area contributed by atoms with E-state index in [-0.39, 0.29) is 44.8 Å². The van der Waals surface area contributed by atoms with E-state index in [2.05, 4.69) is 39.2 Å². The van der Waals surface area contributed by atoms with Crippen LogP contribution in [0.15, 0.2) is 30.3 Å². The van der Waals surface area contributed by atoms with Gasteiger partial charge in [-0.05, 0) is 31.2 Å². The molecule has 27 heteroatoms. The van der Waals surface area contributed by atoms with Gasteiger partial charge in [-0.25, -0.2) is 19.2 Å². The highest BCUT2D eigenvalue weighted by Gasteiger charge is 2.31. The second-order valence-corrected chi connectivity index (χ2v) is 13.9. The number of carbonyl (C=O) groups excluding carboxylic acids is 5. The van der Waals surface area contributed by atoms with Gasteiger partial charge in [-0.2, -0.15) is 12.6 Å². The van der Waals surface area contributed by atoms with Crippen molar-refractivity contribution in [1.29, 1.82) is 0 Å². The van der Waals surface area contributed by atoms with Crippen molar-refractivity contribution in [2.75, 3.05) is 25.6 Å². The van der Waals surface area contributed by atoms with E-state index in [4.69, 9.17) is 20.7 Å². The second kappa shape index (κ2) is 28.9. The number of hydrogen-bond donors (Lipinski definition) is 15. The number of urea groups is 1. The summed E-state index contributed by atoms with van der Waals surface area (Å²) in [6.07, 6.45) is -2.92.